The fourth-order valence-corrected chi connectivity index (χ4v) is 2.83. The molecule has 0 unspecified atom stereocenters. The molecular weight excluding hydrogens is 334 g/mol. The van der Waals surface area contributed by atoms with Crippen LogP contribution in [0.1, 0.15) is 37.0 Å². The van der Waals surface area contributed by atoms with Gasteiger partial charge in [-0.05, 0) is 44.9 Å². The molecule has 4 nitrogen and oxygen atoms in total. The third kappa shape index (κ3) is 4.13. The summed E-state index contributed by atoms with van der Waals surface area (Å²) in [6.45, 7) is 6.57. The summed E-state index contributed by atoms with van der Waals surface area (Å²) in [7, 11) is 0. The van der Waals surface area contributed by atoms with Gasteiger partial charge in [0.05, 0.1) is 13.2 Å². The van der Waals surface area contributed by atoms with E-state index in [0.717, 1.165) is 25.9 Å². The minimum atomic E-state index is 0.0680. The smallest absolute Gasteiger partial charge is 0.253 e. The Morgan fingerprint density at radius 1 is 1.19 bits per heavy atom. The summed E-state index contributed by atoms with van der Waals surface area (Å²) in [4.78, 5) is 15.0. The molecule has 0 N–H and O–H groups in total. The SMILES string of the molecule is CCOc1ccc(C(=O)N2CCC(Br)CC2)cc1OCC. The Balaban J connectivity index is 2.15. The van der Waals surface area contributed by atoms with Gasteiger partial charge in [-0.25, -0.2) is 0 Å². The molecule has 116 valence electrons. The summed E-state index contributed by atoms with van der Waals surface area (Å²) in [6.07, 6.45) is 2.00. The van der Waals surface area contributed by atoms with Gasteiger partial charge in [-0.15, -0.1) is 0 Å². The van der Waals surface area contributed by atoms with Gasteiger partial charge in [0.1, 0.15) is 0 Å². The molecule has 1 saturated heterocycles. The Morgan fingerprint density at radius 2 is 1.81 bits per heavy atom. The van der Waals surface area contributed by atoms with Crippen molar-refractivity contribution in [3.8, 4) is 11.5 Å². The van der Waals surface area contributed by atoms with Crippen LogP contribution in [0.25, 0.3) is 0 Å². The number of rotatable bonds is 5. The second-order valence-corrected chi connectivity index (χ2v) is 6.29. The highest BCUT2D eigenvalue weighted by atomic mass is 79.9. The third-order valence-electron chi connectivity index (χ3n) is 3.50. The van der Waals surface area contributed by atoms with Crippen molar-refractivity contribution in [2.75, 3.05) is 26.3 Å². The molecule has 1 heterocycles. The fraction of sp³-hybridized carbons (Fsp3) is 0.562. The van der Waals surface area contributed by atoms with Gasteiger partial charge in [-0.1, -0.05) is 15.9 Å². The van der Waals surface area contributed by atoms with Crippen molar-refractivity contribution >= 4 is 21.8 Å². The van der Waals surface area contributed by atoms with Crippen LogP contribution in [0.5, 0.6) is 11.5 Å². The number of hydrogen-bond donors (Lipinski definition) is 0. The van der Waals surface area contributed by atoms with Gasteiger partial charge < -0.3 is 14.4 Å². The Hall–Kier alpha value is -1.23. The molecule has 1 aromatic rings. The van der Waals surface area contributed by atoms with Gasteiger partial charge >= 0.3 is 0 Å². The molecule has 0 aromatic heterocycles. The highest BCUT2D eigenvalue weighted by molar-refractivity contribution is 9.09. The van der Waals surface area contributed by atoms with Crippen LogP contribution >= 0.6 is 15.9 Å². The lowest BCUT2D eigenvalue weighted by Crippen LogP contribution is -2.38. The van der Waals surface area contributed by atoms with E-state index in [0.29, 0.717) is 35.1 Å². The number of carbonyl (C=O) groups is 1. The maximum absolute atomic E-state index is 12.5. The Morgan fingerprint density at radius 3 is 2.43 bits per heavy atom. The summed E-state index contributed by atoms with van der Waals surface area (Å²) < 4.78 is 11.1. The summed E-state index contributed by atoms with van der Waals surface area (Å²) in [5.41, 5.74) is 0.662. The van der Waals surface area contributed by atoms with E-state index in [1.165, 1.54) is 0 Å². The fourth-order valence-electron chi connectivity index (χ4n) is 2.42. The zero-order chi connectivity index (χ0) is 15.2. The molecule has 0 saturated carbocycles. The second kappa shape index (κ2) is 7.69. The highest BCUT2D eigenvalue weighted by Crippen LogP contribution is 2.29. The van der Waals surface area contributed by atoms with E-state index in [1.807, 2.05) is 30.9 Å². The number of likely N-dealkylation sites (tertiary alicyclic amines) is 1. The number of piperidine rings is 1. The molecule has 1 aromatic carbocycles. The lowest BCUT2D eigenvalue weighted by Gasteiger charge is -2.29. The van der Waals surface area contributed by atoms with Gasteiger partial charge in [0.15, 0.2) is 11.5 Å². The van der Waals surface area contributed by atoms with Gasteiger partial charge in [-0.3, -0.25) is 4.79 Å². The minimum Gasteiger partial charge on any atom is -0.490 e. The number of halogens is 1. The van der Waals surface area contributed by atoms with Crippen molar-refractivity contribution in [2.24, 2.45) is 0 Å². The molecule has 5 heteroatoms. The summed E-state index contributed by atoms with van der Waals surface area (Å²) >= 11 is 3.61. The van der Waals surface area contributed by atoms with Crippen molar-refractivity contribution in [2.45, 2.75) is 31.5 Å². The summed E-state index contributed by atoms with van der Waals surface area (Å²) in [5.74, 6) is 1.40. The van der Waals surface area contributed by atoms with Crippen LogP contribution in [-0.2, 0) is 0 Å². The monoisotopic (exact) mass is 355 g/mol. The molecule has 0 aliphatic carbocycles. The first-order chi connectivity index (χ1) is 10.2. The van der Waals surface area contributed by atoms with E-state index in [2.05, 4.69) is 15.9 Å². The number of nitrogens with zero attached hydrogens (tertiary/aromatic N) is 1. The second-order valence-electron chi connectivity index (χ2n) is 4.99. The highest BCUT2D eigenvalue weighted by Gasteiger charge is 2.23. The lowest BCUT2D eigenvalue weighted by molar-refractivity contribution is 0.0728. The molecule has 0 radical (unpaired) electrons. The zero-order valence-electron chi connectivity index (χ0n) is 12.6. The predicted molar refractivity (Wildman–Crippen MR) is 86.6 cm³/mol. The van der Waals surface area contributed by atoms with E-state index in [9.17, 15) is 4.79 Å². The largest absolute Gasteiger partial charge is 0.490 e. The number of carbonyl (C=O) groups excluding carboxylic acids is 1. The minimum absolute atomic E-state index is 0.0680. The van der Waals surface area contributed by atoms with Gasteiger partial charge in [0, 0.05) is 23.5 Å². The first-order valence-electron chi connectivity index (χ1n) is 7.48. The summed E-state index contributed by atoms with van der Waals surface area (Å²) in [5, 5.41) is 0. The van der Waals surface area contributed by atoms with Crippen LogP contribution in [0, 0.1) is 0 Å². The first kappa shape index (κ1) is 16.1. The Bertz CT molecular complexity index is 484. The molecule has 1 amide bonds. The number of benzene rings is 1. The van der Waals surface area contributed by atoms with Crippen LogP contribution in [0.15, 0.2) is 18.2 Å². The normalized spacial score (nSPS) is 15.9. The lowest BCUT2D eigenvalue weighted by atomic mass is 10.1. The van der Waals surface area contributed by atoms with Crippen LogP contribution in [0.3, 0.4) is 0 Å². The van der Waals surface area contributed by atoms with E-state index >= 15 is 0 Å². The zero-order valence-corrected chi connectivity index (χ0v) is 14.2. The third-order valence-corrected chi connectivity index (χ3v) is 4.42. The van der Waals surface area contributed by atoms with E-state index < -0.39 is 0 Å². The topological polar surface area (TPSA) is 38.8 Å². The standard InChI is InChI=1S/C16H22BrNO3/c1-3-20-14-6-5-12(11-15(14)21-4-2)16(19)18-9-7-13(17)8-10-18/h5-6,11,13H,3-4,7-10H2,1-2H3. The first-order valence-corrected chi connectivity index (χ1v) is 8.40. The molecule has 0 bridgehead atoms. The van der Waals surface area contributed by atoms with Crippen molar-refractivity contribution in [3.05, 3.63) is 23.8 Å². The van der Waals surface area contributed by atoms with Crippen molar-refractivity contribution in [1.82, 2.24) is 4.90 Å². The molecular formula is C16H22BrNO3. The van der Waals surface area contributed by atoms with Crippen molar-refractivity contribution in [1.29, 1.82) is 0 Å². The van der Waals surface area contributed by atoms with Gasteiger partial charge in [-0.2, -0.15) is 0 Å². The van der Waals surface area contributed by atoms with Crippen molar-refractivity contribution < 1.29 is 14.3 Å². The molecule has 1 aliphatic rings. The van der Waals surface area contributed by atoms with Crippen LogP contribution < -0.4 is 9.47 Å². The quantitative estimate of drug-likeness (QED) is 0.759. The Kier molecular flexibility index (Phi) is 5.91. The molecule has 2 rings (SSSR count). The van der Waals surface area contributed by atoms with Gasteiger partial charge in [0.25, 0.3) is 5.91 Å². The Labute approximate surface area is 134 Å². The number of amides is 1. The predicted octanol–water partition coefficient (Wildman–Crippen LogP) is 3.48. The van der Waals surface area contributed by atoms with Crippen LogP contribution in [0.4, 0.5) is 0 Å². The molecule has 0 atom stereocenters. The number of alkyl halides is 1. The average molecular weight is 356 g/mol. The molecule has 1 fully saturated rings. The van der Waals surface area contributed by atoms with E-state index in [4.69, 9.17) is 9.47 Å². The van der Waals surface area contributed by atoms with Gasteiger partial charge in [0.2, 0.25) is 0 Å². The van der Waals surface area contributed by atoms with Crippen LogP contribution in [0.2, 0.25) is 0 Å². The number of hydrogen-bond acceptors (Lipinski definition) is 3. The number of ether oxygens (including phenoxy) is 2. The van der Waals surface area contributed by atoms with Crippen molar-refractivity contribution in [3.63, 3.8) is 0 Å². The van der Waals surface area contributed by atoms with E-state index in [-0.39, 0.29) is 5.91 Å². The molecule has 1 aliphatic heterocycles. The average Bonchev–Trinajstić information content (AvgIpc) is 2.49. The van der Waals surface area contributed by atoms with Crippen LogP contribution in [-0.4, -0.2) is 41.9 Å². The maximum atomic E-state index is 12.5. The van der Waals surface area contributed by atoms with E-state index in [1.54, 1.807) is 6.07 Å². The maximum Gasteiger partial charge on any atom is 0.253 e. The molecule has 21 heavy (non-hydrogen) atoms. The molecule has 0 spiro atoms. The summed E-state index contributed by atoms with van der Waals surface area (Å²) in [6, 6.07) is 5.42.